The number of rotatable bonds is 10. The Bertz CT molecular complexity index is 1700. The number of guanidine groups is 1. The van der Waals surface area contributed by atoms with Crippen molar-refractivity contribution < 1.29 is 38.7 Å². The largest absolute Gasteiger partial charge is 0.508 e. The van der Waals surface area contributed by atoms with Crippen molar-refractivity contribution in [1.29, 1.82) is 0 Å². The van der Waals surface area contributed by atoms with Crippen LogP contribution >= 0.6 is 0 Å². The molecular weight excluding hydrogens is 686 g/mol. The van der Waals surface area contributed by atoms with Crippen LogP contribution in [0.15, 0.2) is 71.7 Å². The predicted molar refractivity (Wildman–Crippen MR) is 193 cm³/mol. The lowest BCUT2D eigenvalue weighted by Crippen LogP contribution is -2.58. The molecule has 0 saturated carbocycles. The maximum absolute atomic E-state index is 13.9. The van der Waals surface area contributed by atoms with E-state index >= 15 is 0 Å². The van der Waals surface area contributed by atoms with Crippen LogP contribution in [-0.4, -0.2) is 108 Å². The zero-order valence-electron chi connectivity index (χ0n) is 29.0. The molecule has 2 aromatic rings. The second kappa shape index (κ2) is 19.4. The second-order valence-corrected chi connectivity index (χ2v) is 12.7. The standard InChI is InChI=1S/C36H45N9O8/c37-36(38)39-16-4-8-26-31(49)34(52)44-27(19-22-6-2-1-3-7-22)32(50)42-24(18-23-10-13-25(47)14-11-23)12-15-30(48)40-20-28(41-21-46)35(53)45-17-5-9-29(45)33(51)43-26/h1-3,6-7,10-15,21,24,26-29,47H,4-5,8-9,16-20H2,(H,40,48)(H,41,46)(H,42,50)(H,43,51)(H,44,52)(H4,37,38,39)/b15-12+/t24?,26-,27-,28+,29+/m1/s1. The molecule has 2 aliphatic heterocycles. The van der Waals surface area contributed by atoms with Gasteiger partial charge in [-0.25, -0.2) is 0 Å². The molecule has 2 aromatic carbocycles. The number of nitrogens with one attached hydrogen (secondary N) is 5. The van der Waals surface area contributed by atoms with Gasteiger partial charge in [-0.2, -0.15) is 0 Å². The van der Waals surface area contributed by atoms with Crippen molar-refractivity contribution in [1.82, 2.24) is 31.5 Å². The number of Topliss-reactive ketones (excluding diaryl/α,β-unsaturated/α-hetero) is 1. The molecule has 2 aliphatic rings. The zero-order valence-corrected chi connectivity index (χ0v) is 29.0. The van der Waals surface area contributed by atoms with Crippen LogP contribution in [0.2, 0.25) is 0 Å². The first-order valence-corrected chi connectivity index (χ1v) is 17.2. The summed E-state index contributed by atoms with van der Waals surface area (Å²) in [5.41, 5.74) is 12.2. The Morgan fingerprint density at radius 1 is 0.906 bits per heavy atom. The van der Waals surface area contributed by atoms with Crippen molar-refractivity contribution in [2.75, 3.05) is 19.6 Å². The van der Waals surface area contributed by atoms with Gasteiger partial charge in [0.15, 0.2) is 5.96 Å². The van der Waals surface area contributed by atoms with Gasteiger partial charge in [-0.05, 0) is 55.4 Å². The maximum atomic E-state index is 13.9. The normalized spacial score (nSPS) is 23.8. The van der Waals surface area contributed by atoms with Gasteiger partial charge in [0.25, 0.3) is 5.91 Å². The minimum atomic E-state index is -1.37. The van der Waals surface area contributed by atoms with Crippen LogP contribution in [0.4, 0.5) is 0 Å². The highest BCUT2D eigenvalue weighted by atomic mass is 16.3. The van der Waals surface area contributed by atoms with E-state index in [1.54, 1.807) is 42.5 Å². The number of aromatic hydroxyl groups is 1. The number of phenols is 1. The molecule has 1 saturated heterocycles. The Balaban J connectivity index is 1.71. The average molecular weight is 732 g/mol. The fraction of sp³-hybridized carbons (Fsp3) is 0.389. The number of nitrogens with two attached hydrogens (primary N) is 2. The van der Waals surface area contributed by atoms with Gasteiger partial charge < -0.3 is 48.1 Å². The van der Waals surface area contributed by atoms with E-state index in [1.807, 2.05) is 0 Å². The van der Waals surface area contributed by atoms with Crippen LogP contribution in [0.3, 0.4) is 0 Å². The number of carbonyl (C=O) groups excluding carboxylic acids is 7. The highest BCUT2D eigenvalue weighted by molar-refractivity contribution is 6.38. The van der Waals surface area contributed by atoms with Gasteiger partial charge in [0.2, 0.25) is 35.8 Å². The summed E-state index contributed by atoms with van der Waals surface area (Å²) in [6.45, 7) is -0.0548. The van der Waals surface area contributed by atoms with Gasteiger partial charge in [0.1, 0.15) is 23.9 Å². The lowest BCUT2D eigenvalue weighted by atomic mass is 10.0. The number of carbonyl (C=O) groups is 7. The smallest absolute Gasteiger partial charge is 0.290 e. The van der Waals surface area contributed by atoms with Crippen LogP contribution in [0, 0.1) is 0 Å². The summed E-state index contributed by atoms with van der Waals surface area (Å²) in [5.74, 6) is -4.95. The topological polar surface area (TPSA) is 268 Å². The molecule has 6 amide bonds. The van der Waals surface area contributed by atoms with Gasteiger partial charge in [-0.1, -0.05) is 48.5 Å². The number of fused-ring (bicyclic) bond motifs is 1. The molecular formula is C36H45N9O8. The highest BCUT2D eigenvalue weighted by Crippen LogP contribution is 2.20. The molecule has 17 nitrogen and oxygen atoms in total. The number of amides is 6. The lowest BCUT2D eigenvalue weighted by Gasteiger charge is -2.29. The molecule has 0 bridgehead atoms. The number of benzene rings is 2. The van der Waals surface area contributed by atoms with Crippen molar-refractivity contribution in [2.24, 2.45) is 16.5 Å². The summed E-state index contributed by atoms with van der Waals surface area (Å²) in [7, 11) is 0. The number of ketones is 1. The van der Waals surface area contributed by atoms with E-state index in [2.05, 4.69) is 31.6 Å². The summed E-state index contributed by atoms with van der Waals surface area (Å²) in [6.07, 6.45) is 3.88. The molecule has 0 spiro atoms. The molecule has 17 heteroatoms. The highest BCUT2D eigenvalue weighted by Gasteiger charge is 2.39. The van der Waals surface area contributed by atoms with Crippen molar-refractivity contribution in [3.8, 4) is 5.75 Å². The molecule has 53 heavy (non-hydrogen) atoms. The Morgan fingerprint density at radius 2 is 1.62 bits per heavy atom. The quantitative estimate of drug-likeness (QED) is 0.0440. The number of nitrogens with zero attached hydrogens (tertiary/aromatic N) is 2. The molecule has 5 atom stereocenters. The van der Waals surface area contributed by atoms with E-state index in [0.717, 1.165) is 6.08 Å². The molecule has 0 aliphatic carbocycles. The second-order valence-electron chi connectivity index (χ2n) is 12.7. The minimum Gasteiger partial charge on any atom is -0.508 e. The van der Waals surface area contributed by atoms with Crippen LogP contribution in [0.1, 0.15) is 36.8 Å². The van der Waals surface area contributed by atoms with Gasteiger partial charge >= 0.3 is 0 Å². The fourth-order valence-electron chi connectivity index (χ4n) is 6.09. The third kappa shape index (κ3) is 11.9. The number of hydrogen-bond donors (Lipinski definition) is 8. The SMILES string of the molecule is NC(N)=NCCC[C@H]1NC(=O)[C@@H]2CCCN2C(=O)[C@@H](NC=O)CNC(=O)/C=C/C(Cc2ccc(O)cc2)NC(=O)[C@@H](Cc2ccccc2)NC(=O)C1=O. The first-order valence-electron chi connectivity index (χ1n) is 17.2. The summed E-state index contributed by atoms with van der Waals surface area (Å²) < 4.78 is 0. The Kier molecular flexibility index (Phi) is 14.4. The molecule has 2 heterocycles. The predicted octanol–water partition coefficient (Wildman–Crippen LogP) is -1.95. The third-order valence-corrected chi connectivity index (χ3v) is 8.79. The van der Waals surface area contributed by atoms with E-state index < -0.39 is 65.5 Å². The molecule has 10 N–H and O–H groups in total. The maximum Gasteiger partial charge on any atom is 0.290 e. The molecule has 0 aromatic heterocycles. The summed E-state index contributed by atoms with van der Waals surface area (Å²) in [6, 6.07) is 9.29. The van der Waals surface area contributed by atoms with Crippen LogP contribution in [0.25, 0.3) is 0 Å². The molecule has 1 fully saturated rings. The zero-order chi connectivity index (χ0) is 38.3. The summed E-state index contributed by atoms with van der Waals surface area (Å²) in [5, 5.41) is 22.7. The van der Waals surface area contributed by atoms with Crippen molar-refractivity contribution >= 4 is 47.7 Å². The Hall–Kier alpha value is -6.26. The monoisotopic (exact) mass is 731 g/mol. The van der Waals surface area contributed by atoms with Gasteiger partial charge in [-0.15, -0.1) is 0 Å². The fourth-order valence-corrected chi connectivity index (χ4v) is 6.09. The first kappa shape index (κ1) is 39.5. The summed E-state index contributed by atoms with van der Waals surface area (Å²) in [4.78, 5) is 98.2. The van der Waals surface area contributed by atoms with Gasteiger partial charge in [-0.3, -0.25) is 38.6 Å². The molecule has 282 valence electrons. The van der Waals surface area contributed by atoms with E-state index in [9.17, 15) is 38.7 Å². The number of aliphatic imine (C=N–C) groups is 1. The van der Waals surface area contributed by atoms with Crippen molar-refractivity contribution in [2.45, 2.75) is 68.7 Å². The Labute approximate surface area is 306 Å². The molecule has 1 unspecified atom stereocenters. The van der Waals surface area contributed by atoms with Crippen LogP contribution < -0.4 is 38.1 Å². The van der Waals surface area contributed by atoms with Crippen LogP contribution in [0.5, 0.6) is 5.75 Å². The Morgan fingerprint density at radius 3 is 2.32 bits per heavy atom. The van der Waals surface area contributed by atoms with E-state index in [-0.39, 0.29) is 63.4 Å². The first-order chi connectivity index (χ1) is 25.4. The number of phenolic OH excluding ortho intramolecular Hbond substituents is 1. The summed E-state index contributed by atoms with van der Waals surface area (Å²) >= 11 is 0. The van der Waals surface area contributed by atoms with E-state index in [1.165, 1.54) is 23.1 Å². The average Bonchev–Trinajstić information content (AvgIpc) is 3.64. The number of hydrogen-bond acceptors (Lipinski definition) is 9. The van der Waals surface area contributed by atoms with E-state index in [0.29, 0.717) is 24.0 Å². The van der Waals surface area contributed by atoms with Crippen LogP contribution in [-0.2, 0) is 46.4 Å². The van der Waals surface area contributed by atoms with Gasteiger partial charge in [0.05, 0.1) is 12.1 Å². The lowest BCUT2D eigenvalue weighted by molar-refractivity contribution is -0.143. The molecule has 0 radical (unpaired) electrons. The third-order valence-electron chi connectivity index (χ3n) is 8.79. The van der Waals surface area contributed by atoms with Crippen molar-refractivity contribution in [3.63, 3.8) is 0 Å². The van der Waals surface area contributed by atoms with E-state index in [4.69, 9.17) is 11.5 Å². The minimum absolute atomic E-state index is 0.00634. The van der Waals surface area contributed by atoms with Gasteiger partial charge in [0, 0.05) is 32.1 Å². The van der Waals surface area contributed by atoms with Crippen molar-refractivity contribution in [3.05, 3.63) is 77.9 Å². The molecule has 4 rings (SSSR count).